The predicted octanol–water partition coefficient (Wildman–Crippen LogP) is 2.33. The molecule has 0 amide bonds. The minimum absolute atomic E-state index is 0.220. The highest BCUT2D eigenvalue weighted by atomic mass is 32.2. The largest absolute Gasteiger partial charge is 0.379 e. The molecule has 0 atom stereocenters. The monoisotopic (exact) mass is 316 g/mol. The van der Waals surface area contributed by atoms with Gasteiger partial charge >= 0.3 is 5.69 Å². The highest BCUT2D eigenvalue weighted by Crippen LogP contribution is 2.31. The Labute approximate surface area is 122 Å². The molecule has 1 aromatic carbocycles. The van der Waals surface area contributed by atoms with Gasteiger partial charge in [-0.1, -0.05) is 12.1 Å². The van der Waals surface area contributed by atoms with Crippen molar-refractivity contribution in [1.82, 2.24) is 0 Å². The molecule has 6 nitrogen and oxygen atoms in total. The summed E-state index contributed by atoms with van der Waals surface area (Å²) in [6.45, 7) is 4.10. The zero-order chi connectivity index (χ0) is 15.2. The van der Waals surface area contributed by atoms with Crippen LogP contribution in [-0.2, 0) is 9.84 Å². The van der Waals surface area contributed by atoms with Crippen LogP contribution in [-0.4, -0.2) is 37.6 Å². The third kappa shape index (κ3) is 4.53. The number of hydrogen-bond donors (Lipinski definition) is 1. The second-order valence-electron chi connectivity index (χ2n) is 3.97. The van der Waals surface area contributed by atoms with Crippen LogP contribution in [0, 0.1) is 10.1 Å². The first-order valence-electron chi connectivity index (χ1n) is 5.78. The molecule has 0 aliphatic rings. The molecule has 1 N–H and O–H groups in total. The van der Waals surface area contributed by atoms with Gasteiger partial charge in [-0.25, -0.2) is 8.42 Å². The fourth-order valence-electron chi connectivity index (χ4n) is 1.58. The molecule has 0 aromatic heterocycles. The lowest BCUT2D eigenvalue weighted by Gasteiger charge is -2.09. The van der Waals surface area contributed by atoms with E-state index in [1.807, 2.05) is 0 Å². The molecule has 0 fully saturated rings. The number of nitro benzene ring substituents is 1. The van der Waals surface area contributed by atoms with E-state index in [1.54, 1.807) is 17.8 Å². The maximum Gasteiger partial charge on any atom is 0.310 e. The van der Waals surface area contributed by atoms with E-state index in [0.717, 1.165) is 17.8 Å². The molecule has 0 aliphatic heterocycles. The summed E-state index contributed by atoms with van der Waals surface area (Å²) in [6, 6.07) is 4.23. The van der Waals surface area contributed by atoms with Gasteiger partial charge in [0.15, 0.2) is 9.84 Å². The summed E-state index contributed by atoms with van der Waals surface area (Å²) >= 11 is 1.63. The Bertz CT molecular complexity index is 599. The van der Waals surface area contributed by atoms with Crippen LogP contribution in [0.15, 0.2) is 35.7 Å². The Kier molecular flexibility index (Phi) is 6.03. The maximum atomic E-state index is 11.6. The summed E-state index contributed by atoms with van der Waals surface area (Å²) in [5, 5.41) is 14.0. The van der Waals surface area contributed by atoms with Gasteiger partial charge in [0, 0.05) is 24.3 Å². The van der Waals surface area contributed by atoms with Crippen molar-refractivity contribution in [2.45, 2.75) is 4.90 Å². The maximum absolute atomic E-state index is 11.6. The van der Waals surface area contributed by atoms with Crippen molar-refractivity contribution in [3.63, 3.8) is 0 Å². The van der Waals surface area contributed by atoms with Gasteiger partial charge in [-0.05, 0) is 12.1 Å². The Morgan fingerprint density at radius 2 is 2.20 bits per heavy atom. The number of nitrogens with zero attached hydrogens (tertiary/aromatic N) is 1. The van der Waals surface area contributed by atoms with Crippen LogP contribution in [0.3, 0.4) is 0 Å². The van der Waals surface area contributed by atoms with Gasteiger partial charge in [-0.2, -0.15) is 11.8 Å². The van der Waals surface area contributed by atoms with Crippen molar-refractivity contribution in [1.29, 1.82) is 0 Å². The number of nitrogens with one attached hydrogen (secondary N) is 1. The van der Waals surface area contributed by atoms with Crippen molar-refractivity contribution in [3.05, 3.63) is 41.0 Å². The average Bonchev–Trinajstić information content (AvgIpc) is 2.37. The molecule has 0 spiro atoms. The van der Waals surface area contributed by atoms with Crippen molar-refractivity contribution < 1.29 is 13.3 Å². The van der Waals surface area contributed by atoms with Gasteiger partial charge in [-0.15, -0.1) is 6.58 Å². The lowest BCUT2D eigenvalue weighted by Crippen LogP contribution is -2.09. The van der Waals surface area contributed by atoms with Gasteiger partial charge < -0.3 is 5.32 Å². The molecule has 1 aromatic rings. The number of nitro groups is 1. The van der Waals surface area contributed by atoms with Crippen LogP contribution in [0.4, 0.5) is 11.4 Å². The standard InChI is InChI=1S/C12H16N2O4S2/c1-3-8-19-9-7-13-10-5-4-6-11(20(2,17)18)12(10)14(15)16/h3-6,13H,1,7-9H2,2H3. The molecular weight excluding hydrogens is 300 g/mol. The zero-order valence-electron chi connectivity index (χ0n) is 11.0. The summed E-state index contributed by atoms with van der Waals surface area (Å²) < 4.78 is 23.2. The molecule has 0 aliphatic carbocycles. The third-order valence-corrected chi connectivity index (χ3v) is 4.47. The quantitative estimate of drug-likeness (QED) is 0.343. The number of sulfone groups is 1. The topological polar surface area (TPSA) is 89.3 Å². The van der Waals surface area contributed by atoms with Crippen molar-refractivity contribution in [2.24, 2.45) is 0 Å². The fourth-order valence-corrected chi connectivity index (χ4v) is 3.02. The lowest BCUT2D eigenvalue weighted by atomic mass is 10.2. The number of rotatable bonds is 8. The van der Waals surface area contributed by atoms with Gasteiger partial charge in [0.1, 0.15) is 10.6 Å². The first-order chi connectivity index (χ1) is 9.38. The Morgan fingerprint density at radius 3 is 2.75 bits per heavy atom. The van der Waals surface area contributed by atoms with E-state index in [2.05, 4.69) is 11.9 Å². The third-order valence-electron chi connectivity index (χ3n) is 2.38. The average molecular weight is 316 g/mol. The first-order valence-corrected chi connectivity index (χ1v) is 8.82. The smallest absolute Gasteiger partial charge is 0.310 e. The van der Waals surface area contributed by atoms with Gasteiger partial charge in [0.05, 0.1) is 4.92 Å². The van der Waals surface area contributed by atoms with Crippen LogP contribution in [0.2, 0.25) is 0 Å². The van der Waals surface area contributed by atoms with Crippen LogP contribution in [0.5, 0.6) is 0 Å². The molecule has 0 saturated heterocycles. The summed E-state index contributed by atoms with van der Waals surface area (Å²) in [5.41, 5.74) is -0.180. The summed E-state index contributed by atoms with van der Waals surface area (Å²) in [4.78, 5) is 10.2. The highest BCUT2D eigenvalue weighted by Gasteiger charge is 2.25. The van der Waals surface area contributed by atoms with Crippen LogP contribution >= 0.6 is 11.8 Å². The highest BCUT2D eigenvalue weighted by molar-refractivity contribution is 7.99. The second-order valence-corrected chi connectivity index (χ2v) is 7.11. The minimum atomic E-state index is -3.64. The summed E-state index contributed by atoms with van der Waals surface area (Å²) in [5.74, 6) is 1.54. The predicted molar refractivity (Wildman–Crippen MR) is 82.2 cm³/mol. The zero-order valence-corrected chi connectivity index (χ0v) is 12.7. The SMILES string of the molecule is C=CCSCCNc1cccc(S(C)(=O)=O)c1[N+](=O)[O-]. The molecular formula is C12H16N2O4S2. The first kappa shape index (κ1) is 16.5. The second kappa shape index (κ2) is 7.30. The van der Waals surface area contributed by atoms with E-state index >= 15 is 0 Å². The van der Waals surface area contributed by atoms with Gasteiger partial charge in [0.2, 0.25) is 0 Å². The number of benzene rings is 1. The number of para-hydroxylation sites is 1. The Hall–Kier alpha value is -1.54. The van der Waals surface area contributed by atoms with Crippen LogP contribution in [0.25, 0.3) is 0 Å². The van der Waals surface area contributed by atoms with E-state index in [0.29, 0.717) is 6.54 Å². The molecule has 0 unspecified atom stereocenters. The van der Waals surface area contributed by atoms with Crippen molar-refractivity contribution in [2.75, 3.05) is 29.6 Å². The molecule has 1 rings (SSSR count). The number of anilines is 1. The van der Waals surface area contributed by atoms with Crippen LogP contribution in [0.1, 0.15) is 0 Å². The Balaban J connectivity index is 2.96. The fraction of sp³-hybridized carbons (Fsp3) is 0.333. The molecule has 0 radical (unpaired) electrons. The van der Waals surface area contributed by atoms with Gasteiger partial charge in [-0.3, -0.25) is 10.1 Å². The molecule has 0 bridgehead atoms. The van der Waals surface area contributed by atoms with E-state index in [4.69, 9.17) is 0 Å². The van der Waals surface area contributed by atoms with E-state index in [1.165, 1.54) is 18.2 Å². The van der Waals surface area contributed by atoms with Crippen molar-refractivity contribution >= 4 is 33.0 Å². The Morgan fingerprint density at radius 1 is 1.50 bits per heavy atom. The molecule has 0 saturated carbocycles. The van der Waals surface area contributed by atoms with E-state index < -0.39 is 20.4 Å². The molecule has 110 valence electrons. The number of hydrogen-bond acceptors (Lipinski definition) is 6. The summed E-state index contributed by atoms with van der Waals surface area (Å²) in [6.07, 6.45) is 2.73. The van der Waals surface area contributed by atoms with Crippen molar-refractivity contribution in [3.8, 4) is 0 Å². The molecule has 8 heteroatoms. The van der Waals surface area contributed by atoms with E-state index in [-0.39, 0.29) is 10.6 Å². The number of thioether (sulfide) groups is 1. The normalized spacial score (nSPS) is 11.1. The molecule has 20 heavy (non-hydrogen) atoms. The summed E-state index contributed by atoms with van der Waals surface area (Å²) in [7, 11) is -3.64. The molecule has 0 heterocycles. The lowest BCUT2D eigenvalue weighted by molar-refractivity contribution is -0.386. The van der Waals surface area contributed by atoms with Gasteiger partial charge in [0.25, 0.3) is 0 Å². The minimum Gasteiger partial charge on any atom is -0.379 e. The van der Waals surface area contributed by atoms with Crippen LogP contribution < -0.4 is 5.32 Å². The van der Waals surface area contributed by atoms with E-state index in [9.17, 15) is 18.5 Å².